The number of amides is 1. The predicted molar refractivity (Wildman–Crippen MR) is 103 cm³/mol. The molecule has 0 saturated carbocycles. The van der Waals surface area contributed by atoms with Crippen molar-refractivity contribution in [1.29, 1.82) is 0 Å². The highest BCUT2D eigenvalue weighted by molar-refractivity contribution is 6.03. The van der Waals surface area contributed by atoms with Crippen LogP contribution in [0, 0.1) is 0 Å². The highest BCUT2D eigenvalue weighted by atomic mass is 16.7. The molecular weight excluding hydrogens is 360 g/mol. The van der Waals surface area contributed by atoms with Gasteiger partial charge in [0.15, 0.2) is 23.0 Å². The maximum atomic E-state index is 12.4. The maximum Gasteiger partial charge on any atom is 0.276 e. The number of anilines is 3. The zero-order valence-corrected chi connectivity index (χ0v) is 15.1. The van der Waals surface area contributed by atoms with E-state index in [1.807, 2.05) is 37.3 Å². The fourth-order valence-corrected chi connectivity index (χ4v) is 2.68. The van der Waals surface area contributed by atoms with Gasteiger partial charge in [0.05, 0.1) is 12.3 Å². The Morgan fingerprint density at radius 1 is 1.07 bits per heavy atom. The zero-order chi connectivity index (χ0) is 19.3. The number of fused-ring (bicyclic) bond motifs is 1. The van der Waals surface area contributed by atoms with Crippen molar-refractivity contribution in [1.82, 2.24) is 10.2 Å². The Bertz CT molecular complexity index is 992. The van der Waals surface area contributed by atoms with Gasteiger partial charge in [-0.3, -0.25) is 4.79 Å². The average Bonchev–Trinajstić information content (AvgIpc) is 3.18. The lowest BCUT2D eigenvalue weighted by atomic mass is 10.2. The SMILES string of the molecule is CCOc1ccccc1NC(=O)c1ccc(Nc2ccc3c(c2)OCO3)nn1. The summed E-state index contributed by atoms with van der Waals surface area (Å²) >= 11 is 0. The Hall–Kier alpha value is -3.81. The van der Waals surface area contributed by atoms with Crippen LogP contribution in [0.2, 0.25) is 0 Å². The number of nitrogens with one attached hydrogen (secondary N) is 2. The summed E-state index contributed by atoms with van der Waals surface area (Å²) in [4.78, 5) is 12.4. The number of hydrogen-bond acceptors (Lipinski definition) is 7. The zero-order valence-electron chi connectivity index (χ0n) is 15.1. The van der Waals surface area contributed by atoms with Crippen molar-refractivity contribution < 1.29 is 19.0 Å². The minimum absolute atomic E-state index is 0.197. The van der Waals surface area contributed by atoms with Gasteiger partial charge in [-0.05, 0) is 43.3 Å². The molecule has 8 heteroatoms. The first-order valence-electron chi connectivity index (χ1n) is 8.76. The summed E-state index contributed by atoms with van der Waals surface area (Å²) in [7, 11) is 0. The predicted octanol–water partition coefficient (Wildman–Crippen LogP) is 3.60. The molecule has 1 aliphatic heterocycles. The van der Waals surface area contributed by atoms with Gasteiger partial charge in [0.2, 0.25) is 6.79 Å². The second-order valence-electron chi connectivity index (χ2n) is 5.88. The Morgan fingerprint density at radius 2 is 1.93 bits per heavy atom. The van der Waals surface area contributed by atoms with E-state index in [1.165, 1.54) is 0 Å². The number of aromatic nitrogens is 2. The molecule has 142 valence electrons. The molecule has 0 atom stereocenters. The molecule has 1 aromatic heterocycles. The monoisotopic (exact) mass is 378 g/mol. The van der Waals surface area contributed by atoms with Crippen LogP contribution >= 0.6 is 0 Å². The third kappa shape index (κ3) is 3.80. The lowest BCUT2D eigenvalue weighted by Crippen LogP contribution is -2.15. The number of para-hydroxylation sites is 2. The third-order valence-corrected chi connectivity index (χ3v) is 3.98. The standard InChI is InChI=1S/C20H18N4O4/c1-2-26-16-6-4-3-5-14(16)22-20(25)15-8-10-19(24-23-15)21-13-7-9-17-18(11-13)28-12-27-17/h3-11H,2,12H2,1H3,(H,21,24)(H,22,25). The number of rotatable bonds is 6. The summed E-state index contributed by atoms with van der Waals surface area (Å²) in [6.07, 6.45) is 0. The van der Waals surface area contributed by atoms with Crippen LogP contribution in [0.25, 0.3) is 0 Å². The number of carbonyl (C=O) groups excluding carboxylic acids is 1. The maximum absolute atomic E-state index is 12.4. The van der Waals surface area contributed by atoms with Crippen LogP contribution in [0.15, 0.2) is 54.6 Å². The molecule has 1 amide bonds. The van der Waals surface area contributed by atoms with Crippen molar-refractivity contribution >= 4 is 23.1 Å². The highest BCUT2D eigenvalue weighted by Gasteiger charge is 2.14. The molecule has 0 aliphatic carbocycles. The van der Waals surface area contributed by atoms with E-state index in [4.69, 9.17) is 14.2 Å². The molecule has 0 bridgehead atoms. The topological polar surface area (TPSA) is 94.6 Å². The normalized spacial score (nSPS) is 11.8. The molecule has 0 spiro atoms. The number of ether oxygens (including phenoxy) is 3. The van der Waals surface area contributed by atoms with Gasteiger partial charge < -0.3 is 24.8 Å². The first-order chi connectivity index (χ1) is 13.7. The summed E-state index contributed by atoms with van der Waals surface area (Å²) in [6, 6.07) is 16.0. The second kappa shape index (κ2) is 7.83. The van der Waals surface area contributed by atoms with Crippen molar-refractivity contribution in [3.05, 3.63) is 60.3 Å². The summed E-state index contributed by atoms with van der Waals surface area (Å²) in [6.45, 7) is 2.61. The minimum atomic E-state index is -0.366. The van der Waals surface area contributed by atoms with E-state index < -0.39 is 0 Å². The van der Waals surface area contributed by atoms with Gasteiger partial charge >= 0.3 is 0 Å². The van der Waals surface area contributed by atoms with Gasteiger partial charge in [0.25, 0.3) is 5.91 Å². The second-order valence-corrected chi connectivity index (χ2v) is 5.88. The molecular formula is C20H18N4O4. The molecule has 3 aromatic rings. The van der Waals surface area contributed by atoms with E-state index in [2.05, 4.69) is 20.8 Å². The summed E-state index contributed by atoms with van der Waals surface area (Å²) in [5, 5.41) is 14.0. The van der Waals surface area contributed by atoms with E-state index in [-0.39, 0.29) is 18.4 Å². The Morgan fingerprint density at radius 3 is 2.75 bits per heavy atom. The summed E-state index contributed by atoms with van der Waals surface area (Å²) < 4.78 is 16.1. The van der Waals surface area contributed by atoms with Crippen molar-refractivity contribution in [2.45, 2.75) is 6.92 Å². The van der Waals surface area contributed by atoms with E-state index in [0.717, 1.165) is 5.69 Å². The smallest absolute Gasteiger partial charge is 0.276 e. The third-order valence-electron chi connectivity index (χ3n) is 3.98. The number of carbonyl (C=O) groups is 1. The van der Waals surface area contributed by atoms with Crippen molar-refractivity contribution in [3.8, 4) is 17.2 Å². The minimum Gasteiger partial charge on any atom is -0.492 e. The van der Waals surface area contributed by atoms with E-state index in [9.17, 15) is 4.79 Å². The lowest BCUT2D eigenvalue weighted by molar-refractivity contribution is 0.102. The molecule has 2 aromatic carbocycles. The lowest BCUT2D eigenvalue weighted by Gasteiger charge is -2.11. The molecule has 2 heterocycles. The van der Waals surface area contributed by atoms with Crippen molar-refractivity contribution in [2.75, 3.05) is 24.0 Å². The molecule has 2 N–H and O–H groups in total. The van der Waals surface area contributed by atoms with Crippen LogP contribution in [0.1, 0.15) is 17.4 Å². The Kier molecular flexibility index (Phi) is 4.92. The van der Waals surface area contributed by atoms with Gasteiger partial charge in [-0.25, -0.2) is 0 Å². The van der Waals surface area contributed by atoms with E-state index in [1.54, 1.807) is 24.3 Å². The number of hydrogen-bond donors (Lipinski definition) is 2. The summed E-state index contributed by atoms with van der Waals surface area (Å²) in [5.74, 6) is 2.12. The van der Waals surface area contributed by atoms with Gasteiger partial charge in [-0.2, -0.15) is 0 Å². The first kappa shape index (κ1) is 17.6. The highest BCUT2D eigenvalue weighted by Crippen LogP contribution is 2.34. The molecule has 28 heavy (non-hydrogen) atoms. The van der Waals surface area contributed by atoms with Gasteiger partial charge in [0.1, 0.15) is 5.75 Å². The molecule has 0 radical (unpaired) electrons. The Labute approximate surface area is 161 Å². The fraction of sp³-hybridized carbons (Fsp3) is 0.150. The van der Waals surface area contributed by atoms with Crippen LogP contribution in [0.4, 0.5) is 17.2 Å². The first-order valence-corrected chi connectivity index (χ1v) is 8.76. The average molecular weight is 378 g/mol. The van der Waals surface area contributed by atoms with Gasteiger partial charge in [0, 0.05) is 11.8 Å². The van der Waals surface area contributed by atoms with Crippen LogP contribution < -0.4 is 24.8 Å². The Balaban J connectivity index is 1.43. The summed E-state index contributed by atoms with van der Waals surface area (Å²) in [5.41, 5.74) is 1.56. The van der Waals surface area contributed by atoms with Crippen molar-refractivity contribution in [2.24, 2.45) is 0 Å². The van der Waals surface area contributed by atoms with E-state index >= 15 is 0 Å². The van der Waals surface area contributed by atoms with Crippen LogP contribution in [-0.4, -0.2) is 29.5 Å². The number of nitrogens with zero attached hydrogens (tertiary/aromatic N) is 2. The van der Waals surface area contributed by atoms with Crippen LogP contribution in [0.5, 0.6) is 17.2 Å². The number of benzene rings is 2. The molecule has 0 fully saturated rings. The molecule has 0 unspecified atom stereocenters. The van der Waals surface area contributed by atoms with Crippen LogP contribution in [0.3, 0.4) is 0 Å². The molecule has 1 aliphatic rings. The molecule has 0 saturated heterocycles. The largest absolute Gasteiger partial charge is 0.492 e. The fourth-order valence-electron chi connectivity index (χ4n) is 2.68. The molecule has 8 nitrogen and oxygen atoms in total. The quantitative estimate of drug-likeness (QED) is 0.677. The van der Waals surface area contributed by atoms with Crippen LogP contribution in [-0.2, 0) is 0 Å². The van der Waals surface area contributed by atoms with Crippen molar-refractivity contribution in [3.63, 3.8) is 0 Å². The van der Waals surface area contributed by atoms with Gasteiger partial charge in [-0.15, -0.1) is 10.2 Å². The van der Waals surface area contributed by atoms with Gasteiger partial charge in [-0.1, -0.05) is 12.1 Å². The van der Waals surface area contributed by atoms with E-state index in [0.29, 0.717) is 35.4 Å². The molecule has 4 rings (SSSR count).